The van der Waals surface area contributed by atoms with Gasteiger partial charge in [-0.1, -0.05) is 0 Å². The Balaban J connectivity index is 1.93. The van der Waals surface area contributed by atoms with Gasteiger partial charge < -0.3 is 10.3 Å². The minimum atomic E-state index is -0.0132. The zero-order valence-corrected chi connectivity index (χ0v) is 11.9. The molecular weight excluding hydrogens is 310 g/mol. The molecule has 0 atom stereocenters. The van der Waals surface area contributed by atoms with Crippen molar-refractivity contribution in [3.8, 4) is 0 Å². The molecule has 0 unspecified atom stereocenters. The summed E-state index contributed by atoms with van der Waals surface area (Å²) < 4.78 is 0.851. The van der Waals surface area contributed by atoms with Crippen molar-refractivity contribution < 1.29 is 4.79 Å². The first-order valence-corrected chi connectivity index (χ1v) is 6.67. The van der Waals surface area contributed by atoms with Gasteiger partial charge in [0.2, 0.25) is 11.9 Å². The summed E-state index contributed by atoms with van der Waals surface area (Å²) >= 11 is 3.52. The lowest BCUT2D eigenvalue weighted by atomic mass is 10.3. The van der Waals surface area contributed by atoms with Gasteiger partial charge in [0.1, 0.15) is 5.52 Å². The first-order chi connectivity index (χ1) is 9.16. The number of anilines is 1. The summed E-state index contributed by atoms with van der Waals surface area (Å²) in [6.07, 6.45) is 1.65. The van der Waals surface area contributed by atoms with Crippen LogP contribution < -0.4 is 5.32 Å². The fraction of sp³-hybridized carbons (Fsp3) is 0.250. The van der Waals surface area contributed by atoms with E-state index >= 15 is 0 Å². The number of benzene rings is 1. The van der Waals surface area contributed by atoms with E-state index in [2.05, 4.69) is 36.2 Å². The molecule has 0 aliphatic carbocycles. The fourth-order valence-electron chi connectivity index (χ4n) is 2.05. The lowest BCUT2D eigenvalue weighted by molar-refractivity contribution is -0.124. The highest BCUT2D eigenvalue weighted by Gasteiger charge is 2.21. The van der Waals surface area contributed by atoms with Crippen LogP contribution in [0.3, 0.4) is 0 Å². The Bertz CT molecular complexity index is 678. The van der Waals surface area contributed by atoms with Crippen LogP contribution in [-0.4, -0.2) is 39.8 Å². The van der Waals surface area contributed by atoms with Gasteiger partial charge in [0, 0.05) is 13.5 Å². The first-order valence-electron chi connectivity index (χ1n) is 5.88. The van der Waals surface area contributed by atoms with Gasteiger partial charge in [-0.15, -0.1) is 0 Å². The van der Waals surface area contributed by atoms with Crippen LogP contribution in [0.2, 0.25) is 0 Å². The van der Waals surface area contributed by atoms with Gasteiger partial charge in [-0.2, -0.15) is 0 Å². The number of nitrogens with one attached hydrogen (secondary N) is 2. The van der Waals surface area contributed by atoms with E-state index in [9.17, 15) is 4.79 Å². The molecule has 1 aliphatic rings. The number of carbonyl (C=O) groups excluding carboxylic acids is 1. The minimum Gasteiger partial charge on any atom is -0.345 e. The first kappa shape index (κ1) is 12.2. The van der Waals surface area contributed by atoms with E-state index in [4.69, 9.17) is 0 Å². The van der Waals surface area contributed by atoms with E-state index in [1.807, 2.05) is 12.1 Å². The second kappa shape index (κ2) is 4.65. The van der Waals surface area contributed by atoms with Crippen LogP contribution in [0.25, 0.3) is 11.0 Å². The van der Waals surface area contributed by atoms with Gasteiger partial charge in [0.25, 0.3) is 0 Å². The van der Waals surface area contributed by atoms with E-state index < -0.39 is 0 Å². The maximum Gasteiger partial charge on any atom is 0.226 e. The summed E-state index contributed by atoms with van der Waals surface area (Å²) in [4.78, 5) is 24.7. The van der Waals surface area contributed by atoms with Gasteiger partial charge in [-0.25, -0.2) is 4.98 Å². The Morgan fingerprint density at radius 2 is 2.37 bits per heavy atom. The number of guanidine groups is 1. The summed E-state index contributed by atoms with van der Waals surface area (Å²) in [5.41, 5.74) is 2.64. The predicted octanol–water partition coefficient (Wildman–Crippen LogP) is 1.96. The number of aliphatic imine (C=N–C) groups is 1. The molecule has 6 nitrogen and oxygen atoms in total. The molecule has 1 aromatic carbocycles. The van der Waals surface area contributed by atoms with Crippen molar-refractivity contribution in [2.24, 2.45) is 4.99 Å². The van der Waals surface area contributed by atoms with Crippen molar-refractivity contribution in [3.05, 3.63) is 22.9 Å². The maximum absolute atomic E-state index is 11.5. The van der Waals surface area contributed by atoms with E-state index in [1.54, 1.807) is 11.2 Å². The van der Waals surface area contributed by atoms with Crippen molar-refractivity contribution in [2.45, 2.75) is 6.92 Å². The van der Waals surface area contributed by atoms with Crippen molar-refractivity contribution >= 4 is 44.5 Å². The molecule has 0 spiro atoms. The Morgan fingerprint density at radius 3 is 3.16 bits per heavy atom. The molecule has 98 valence electrons. The molecule has 2 aromatic rings. The number of hydrogen-bond acceptors (Lipinski definition) is 4. The van der Waals surface area contributed by atoms with Crippen molar-refractivity contribution in [1.82, 2.24) is 14.9 Å². The Hall–Kier alpha value is -1.89. The number of H-pyrrole nitrogens is 1. The van der Waals surface area contributed by atoms with E-state index in [1.165, 1.54) is 6.92 Å². The van der Waals surface area contributed by atoms with Crippen molar-refractivity contribution in [2.75, 3.05) is 18.4 Å². The molecule has 0 saturated carbocycles. The summed E-state index contributed by atoms with van der Waals surface area (Å²) in [6.45, 7) is 2.79. The number of aromatic nitrogens is 2. The fourth-order valence-corrected chi connectivity index (χ4v) is 2.60. The van der Waals surface area contributed by atoms with Gasteiger partial charge in [0.15, 0.2) is 0 Å². The lowest BCUT2D eigenvalue weighted by Gasteiger charge is -2.18. The number of fused-ring (bicyclic) bond motifs is 1. The number of aromatic amines is 1. The third-order valence-corrected chi connectivity index (χ3v) is 3.80. The zero-order chi connectivity index (χ0) is 13.4. The third kappa shape index (κ3) is 2.10. The number of imidazole rings is 1. The monoisotopic (exact) mass is 321 g/mol. The van der Waals surface area contributed by atoms with Gasteiger partial charge >= 0.3 is 0 Å². The molecule has 0 fully saturated rings. The molecule has 1 aliphatic heterocycles. The largest absolute Gasteiger partial charge is 0.345 e. The maximum atomic E-state index is 11.5. The van der Waals surface area contributed by atoms with Crippen molar-refractivity contribution in [1.29, 1.82) is 0 Å². The average molecular weight is 322 g/mol. The van der Waals surface area contributed by atoms with Gasteiger partial charge in [-0.3, -0.25) is 14.7 Å². The third-order valence-electron chi connectivity index (χ3n) is 3.00. The summed E-state index contributed by atoms with van der Waals surface area (Å²) in [7, 11) is 0. The SMILES string of the molecule is CC(=O)N1CCN=C1Nc1ccc2[nH]cnc2c1Br. The topological polar surface area (TPSA) is 73.4 Å². The number of carbonyl (C=O) groups is 1. The molecular formula is C12H12BrN5O. The highest BCUT2D eigenvalue weighted by molar-refractivity contribution is 9.10. The quantitative estimate of drug-likeness (QED) is 0.843. The van der Waals surface area contributed by atoms with Gasteiger partial charge in [-0.05, 0) is 28.1 Å². The Kier molecular flexibility index (Phi) is 2.98. The highest BCUT2D eigenvalue weighted by Crippen LogP contribution is 2.29. The summed E-state index contributed by atoms with van der Waals surface area (Å²) in [5, 5.41) is 3.18. The van der Waals surface area contributed by atoms with Crippen LogP contribution >= 0.6 is 15.9 Å². The molecule has 7 heteroatoms. The molecule has 1 amide bonds. The minimum absolute atomic E-state index is 0.0132. The number of hydrogen-bond donors (Lipinski definition) is 2. The average Bonchev–Trinajstić information content (AvgIpc) is 3.01. The number of nitrogens with zero attached hydrogens (tertiary/aromatic N) is 3. The molecule has 0 radical (unpaired) electrons. The van der Waals surface area contributed by atoms with E-state index in [-0.39, 0.29) is 5.91 Å². The molecule has 3 rings (SSSR count). The molecule has 2 heterocycles. The molecule has 0 saturated heterocycles. The summed E-state index contributed by atoms with van der Waals surface area (Å²) in [5.74, 6) is 0.573. The highest BCUT2D eigenvalue weighted by atomic mass is 79.9. The van der Waals surface area contributed by atoms with Crippen LogP contribution in [0.4, 0.5) is 5.69 Å². The lowest BCUT2D eigenvalue weighted by Crippen LogP contribution is -2.36. The van der Waals surface area contributed by atoms with Crippen LogP contribution in [0, 0.1) is 0 Å². The standard InChI is InChI=1S/C12H12BrN5O/c1-7(19)18-5-4-14-12(18)17-8-2-3-9-11(10(8)13)16-6-15-9/h2-3,6H,4-5H2,1H3,(H,14,17)(H,15,16). The van der Waals surface area contributed by atoms with Crippen LogP contribution in [0.15, 0.2) is 27.9 Å². The van der Waals surface area contributed by atoms with Crippen LogP contribution in [0.5, 0.6) is 0 Å². The van der Waals surface area contributed by atoms with Crippen LogP contribution in [-0.2, 0) is 4.79 Å². The Morgan fingerprint density at radius 1 is 1.53 bits per heavy atom. The van der Waals surface area contributed by atoms with E-state index in [0.717, 1.165) is 21.2 Å². The molecule has 2 N–H and O–H groups in total. The second-order valence-electron chi connectivity index (χ2n) is 4.23. The van der Waals surface area contributed by atoms with Crippen molar-refractivity contribution in [3.63, 3.8) is 0 Å². The molecule has 0 bridgehead atoms. The number of halogens is 1. The molecule has 1 aromatic heterocycles. The van der Waals surface area contributed by atoms with Gasteiger partial charge in [0.05, 0.1) is 28.5 Å². The summed E-state index contributed by atoms with van der Waals surface area (Å²) in [6, 6.07) is 3.85. The zero-order valence-electron chi connectivity index (χ0n) is 10.3. The number of amides is 1. The molecule has 19 heavy (non-hydrogen) atoms. The van der Waals surface area contributed by atoms with Crippen LogP contribution in [0.1, 0.15) is 6.92 Å². The number of rotatable bonds is 1. The predicted molar refractivity (Wildman–Crippen MR) is 77.1 cm³/mol. The normalized spacial score (nSPS) is 14.8. The van der Waals surface area contributed by atoms with E-state index in [0.29, 0.717) is 19.0 Å². The Labute approximate surface area is 118 Å². The second-order valence-corrected chi connectivity index (χ2v) is 5.02. The smallest absolute Gasteiger partial charge is 0.226 e.